The minimum atomic E-state index is -4.62. The normalized spacial score (nSPS) is 11.2. The molecule has 0 fully saturated rings. The molecular formula is C12H10ClF3O3. The third-order valence-corrected chi connectivity index (χ3v) is 2.46. The van der Waals surface area contributed by atoms with Gasteiger partial charge >= 0.3 is 12.1 Å². The number of carbonyl (C=O) groups is 2. The highest BCUT2D eigenvalue weighted by atomic mass is 35.5. The van der Waals surface area contributed by atoms with E-state index in [0.29, 0.717) is 0 Å². The molecule has 0 aliphatic carbocycles. The lowest BCUT2D eigenvalue weighted by Gasteiger charge is -2.12. The van der Waals surface area contributed by atoms with Crippen molar-refractivity contribution >= 4 is 23.4 Å². The molecule has 0 atom stereocenters. The Balaban J connectivity index is 3.03. The van der Waals surface area contributed by atoms with E-state index in [1.165, 1.54) is 6.92 Å². The molecule has 0 amide bonds. The lowest BCUT2D eigenvalue weighted by Crippen LogP contribution is -2.21. The van der Waals surface area contributed by atoms with Crippen LogP contribution >= 0.6 is 11.6 Å². The van der Waals surface area contributed by atoms with Gasteiger partial charge in [0.15, 0.2) is 0 Å². The zero-order valence-electron chi connectivity index (χ0n) is 9.88. The molecule has 104 valence electrons. The van der Waals surface area contributed by atoms with Gasteiger partial charge in [-0.3, -0.25) is 4.79 Å². The number of hydrogen-bond acceptors (Lipinski definition) is 3. The number of halogens is 4. The summed E-state index contributed by atoms with van der Waals surface area (Å²) in [5, 5.41) is 0.0552. The summed E-state index contributed by atoms with van der Waals surface area (Å²) >= 11 is 5.60. The Kier molecular flexibility index (Phi) is 4.94. The van der Waals surface area contributed by atoms with Crippen LogP contribution in [0.15, 0.2) is 18.2 Å². The van der Waals surface area contributed by atoms with Crippen molar-refractivity contribution < 1.29 is 27.5 Å². The van der Waals surface area contributed by atoms with Crippen LogP contribution in [0, 0.1) is 0 Å². The number of ketones is 1. The minimum absolute atomic E-state index is 0.0216. The maximum absolute atomic E-state index is 12.7. The molecule has 0 N–H and O–H groups in total. The monoisotopic (exact) mass is 294 g/mol. The molecule has 1 aromatic rings. The second kappa shape index (κ2) is 6.06. The molecule has 1 rings (SSSR count). The first-order valence-corrected chi connectivity index (χ1v) is 5.69. The lowest BCUT2D eigenvalue weighted by molar-refractivity contribution is -0.153. The summed E-state index contributed by atoms with van der Waals surface area (Å²) in [5.74, 6) is -2.20. The average Bonchev–Trinajstić information content (AvgIpc) is 2.27. The number of hydrogen-bond donors (Lipinski definition) is 0. The van der Waals surface area contributed by atoms with E-state index in [4.69, 9.17) is 11.6 Å². The van der Waals surface area contributed by atoms with E-state index in [2.05, 4.69) is 4.74 Å². The van der Waals surface area contributed by atoms with Gasteiger partial charge in [0.05, 0.1) is 12.2 Å². The van der Waals surface area contributed by atoms with Crippen molar-refractivity contribution in [3.8, 4) is 0 Å². The van der Waals surface area contributed by atoms with E-state index in [1.807, 2.05) is 0 Å². The van der Waals surface area contributed by atoms with Crippen molar-refractivity contribution in [2.24, 2.45) is 0 Å². The molecular weight excluding hydrogens is 285 g/mol. The highest BCUT2D eigenvalue weighted by molar-refractivity contribution is 6.34. The first-order chi connectivity index (χ1) is 8.75. The van der Waals surface area contributed by atoms with Gasteiger partial charge in [-0.1, -0.05) is 11.6 Å². The van der Waals surface area contributed by atoms with Gasteiger partial charge in [-0.05, 0) is 30.7 Å². The van der Waals surface area contributed by atoms with Crippen LogP contribution in [-0.2, 0) is 26.9 Å². The van der Waals surface area contributed by atoms with Crippen LogP contribution in [0.3, 0.4) is 0 Å². The third kappa shape index (κ3) is 4.24. The summed E-state index contributed by atoms with van der Waals surface area (Å²) in [4.78, 5) is 22.5. The van der Waals surface area contributed by atoms with Gasteiger partial charge in [0.1, 0.15) is 0 Å². The molecule has 0 saturated carbocycles. The number of carbonyl (C=O) groups excluding carboxylic acids is 2. The number of ether oxygens (including phenoxy) is 1. The molecule has 19 heavy (non-hydrogen) atoms. The minimum Gasteiger partial charge on any atom is -0.460 e. The van der Waals surface area contributed by atoms with Crippen LogP contribution < -0.4 is 0 Å². The maximum Gasteiger partial charge on any atom is 0.416 e. The molecule has 0 bridgehead atoms. The Morgan fingerprint density at radius 3 is 2.47 bits per heavy atom. The number of rotatable bonds is 4. The Hall–Kier alpha value is -1.56. The number of benzene rings is 1. The van der Waals surface area contributed by atoms with Gasteiger partial charge in [-0.15, -0.1) is 0 Å². The van der Waals surface area contributed by atoms with E-state index < -0.39 is 29.9 Å². The summed E-state index contributed by atoms with van der Waals surface area (Å²) in [6.45, 7) is 1.47. The maximum atomic E-state index is 12.7. The zero-order valence-corrected chi connectivity index (χ0v) is 10.6. The van der Waals surface area contributed by atoms with Crippen LogP contribution in [-0.4, -0.2) is 18.4 Å². The predicted molar refractivity (Wildman–Crippen MR) is 61.8 cm³/mol. The average molecular weight is 295 g/mol. The van der Waals surface area contributed by atoms with Gasteiger partial charge < -0.3 is 4.74 Å². The fraction of sp³-hybridized carbons (Fsp3) is 0.333. The predicted octanol–water partition coefficient (Wildman–Crippen LogP) is 3.03. The number of alkyl halides is 3. The Morgan fingerprint density at radius 2 is 1.95 bits per heavy atom. The van der Waals surface area contributed by atoms with Crippen molar-refractivity contribution in [3.63, 3.8) is 0 Å². The van der Waals surface area contributed by atoms with Crippen molar-refractivity contribution in [1.29, 1.82) is 0 Å². The molecule has 0 unspecified atom stereocenters. The number of Topliss-reactive ketones (excluding diaryl/α,β-unsaturated/α-hetero) is 1. The van der Waals surface area contributed by atoms with Crippen molar-refractivity contribution in [2.75, 3.05) is 6.61 Å². The van der Waals surface area contributed by atoms with Crippen LogP contribution in [0.1, 0.15) is 18.1 Å². The van der Waals surface area contributed by atoms with E-state index in [1.54, 1.807) is 0 Å². The Morgan fingerprint density at radius 1 is 1.32 bits per heavy atom. The molecule has 0 radical (unpaired) electrons. The summed E-state index contributed by atoms with van der Waals surface area (Å²) in [5.41, 5.74) is -1.34. The standard InChI is InChI=1S/C12H10ClF3O3/c1-2-19-11(18)10(17)6-7-5-8(13)3-4-9(7)12(14,15)16/h3-5H,2,6H2,1H3. The van der Waals surface area contributed by atoms with E-state index in [9.17, 15) is 22.8 Å². The van der Waals surface area contributed by atoms with Gasteiger partial charge in [0, 0.05) is 11.4 Å². The largest absolute Gasteiger partial charge is 0.460 e. The second-order valence-corrected chi connectivity index (χ2v) is 4.06. The van der Waals surface area contributed by atoms with E-state index in [0.717, 1.165) is 18.2 Å². The van der Waals surface area contributed by atoms with Crippen LogP contribution in [0.5, 0.6) is 0 Å². The van der Waals surface area contributed by atoms with Gasteiger partial charge in [-0.25, -0.2) is 4.79 Å². The van der Waals surface area contributed by atoms with Gasteiger partial charge in [0.2, 0.25) is 5.78 Å². The Labute approximate surface area is 112 Å². The fourth-order valence-corrected chi connectivity index (χ4v) is 1.64. The molecule has 0 aromatic heterocycles. The molecule has 1 aromatic carbocycles. The summed E-state index contributed by atoms with van der Waals surface area (Å²) in [7, 11) is 0. The lowest BCUT2D eigenvalue weighted by atomic mass is 10.0. The summed E-state index contributed by atoms with van der Waals surface area (Å²) in [6, 6.07) is 2.86. The molecule has 0 aliphatic heterocycles. The fourth-order valence-electron chi connectivity index (χ4n) is 1.44. The number of esters is 1. The van der Waals surface area contributed by atoms with Crippen LogP contribution in [0.2, 0.25) is 5.02 Å². The molecule has 0 aliphatic rings. The topological polar surface area (TPSA) is 43.4 Å². The SMILES string of the molecule is CCOC(=O)C(=O)Cc1cc(Cl)ccc1C(F)(F)F. The first-order valence-electron chi connectivity index (χ1n) is 5.31. The smallest absolute Gasteiger partial charge is 0.416 e. The van der Waals surface area contributed by atoms with E-state index in [-0.39, 0.29) is 17.2 Å². The highest BCUT2D eigenvalue weighted by Gasteiger charge is 2.34. The van der Waals surface area contributed by atoms with Crippen molar-refractivity contribution in [2.45, 2.75) is 19.5 Å². The second-order valence-electron chi connectivity index (χ2n) is 3.62. The first kappa shape index (κ1) is 15.5. The molecule has 3 nitrogen and oxygen atoms in total. The van der Waals surface area contributed by atoms with Gasteiger partial charge in [-0.2, -0.15) is 13.2 Å². The molecule has 0 heterocycles. The highest BCUT2D eigenvalue weighted by Crippen LogP contribution is 2.33. The molecule has 0 spiro atoms. The third-order valence-electron chi connectivity index (χ3n) is 2.23. The van der Waals surface area contributed by atoms with E-state index >= 15 is 0 Å². The van der Waals surface area contributed by atoms with Crippen molar-refractivity contribution in [1.82, 2.24) is 0 Å². The quantitative estimate of drug-likeness (QED) is 0.633. The van der Waals surface area contributed by atoms with Crippen LogP contribution in [0.4, 0.5) is 13.2 Å². The summed E-state index contributed by atoms with van der Waals surface area (Å²) < 4.78 is 42.6. The summed E-state index contributed by atoms with van der Waals surface area (Å²) in [6.07, 6.45) is -5.32. The van der Waals surface area contributed by atoms with Crippen molar-refractivity contribution in [3.05, 3.63) is 34.3 Å². The Bertz CT molecular complexity index is 497. The molecule has 0 saturated heterocycles. The van der Waals surface area contributed by atoms with Gasteiger partial charge in [0.25, 0.3) is 0 Å². The van der Waals surface area contributed by atoms with Crippen LogP contribution in [0.25, 0.3) is 0 Å². The zero-order chi connectivity index (χ0) is 14.6. The molecule has 7 heteroatoms.